The van der Waals surface area contributed by atoms with Gasteiger partial charge in [0.2, 0.25) is 0 Å². The molecule has 156 valence electrons. The summed E-state index contributed by atoms with van der Waals surface area (Å²) in [6, 6.07) is 11.1. The van der Waals surface area contributed by atoms with Crippen molar-refractivity contribution in [1.29, 1.82) is 0 Å². The van der Waals surface area contributed by atoms with Crippen molar-refractivity contribution in [3.63, 3.8) is 0 Å². The Balaban J connectivity index is 1.82. The highest BCUT2D eigenvalue weighted by atomic mass is 16.3. The highest BCUT2D eigenvalue weighted by Gasteiger charge is 2.33. The molecule has 2 aromatic rings. The number of benzene rings is 1. The molecule has 0 spiro atoms. The van der Waals surface area contributed by atoms with Crippen LogP contribution in [0.25, 0.3) is 0 Å². The highest BCUT2D eigenvalue weighted by molar-refractivity contribution is 5.98. The van der Waals surface area contributed by atoms with Crippen molar-refractivity contribution in [3.8, 4) is 0 Å². The average molecular weight is 399 g/mol. The quantitative estimate of drug-likeness (QED) is 0.697. The summed E-state index contributed by atoms with van der Waals surface area (Å²) in [5.74, 6) is -0.578. The van der Waals surface area contributed by atoms with E-state index >= 15 is 0 Å². The third kappa shape index (κ3) is 4.67. The summed E-state index contributed by atoms with van der Waals surface area (Å²) in [5, 5.41) is 20.5. The van der Waals surface area contributed by atoms with Gasteiger partial charge in [-0.3, -0.25) is 14.3 Å². The van der Waals surface area contributed by atoms with Crippen molar-refractivity contribution in [1.82, 2.24) is 20.4 Å². The zero-order chi connectivity index (χ0) is 21.0. The third-order valence-electron chi connectivity index (χ3n) is 5.99. The van der Waals surface area contributed by atoms with Gasteiger partial charge in [-0.25, -0.2) is 0 Å². The van der Waals surface area contributed by atoms with Gasteiger partial charge in [0, 0.05) is 19.2 Å². The molecule has 3 N–H and O–H groups in total. The zero-order valence-corrected chi connectivity index (χ0v) is 17.3. The lowest BCUT2D eigenvalue weighted by atomic mass is 9.80. The number of hydrogen-bond acceptors (Lipinski definition) is 4. The highest BCUT2D eigenvalue weighted by Crippen LogP contribution is 2.31. The first-order valence-electron chi connectivity index (χ1n) is 10.3. The Labute approximate surface area is 171 Å². The van der Waals surface area contributed by atoms with Crippen molar-refractivity contribution in [2.75, 3.05) is 7.05 Å². The summed E-state index contributed by atoms with van der Waals surface area (Å²) >= 11 is 0. The maximum Gasteiger partial charge on any atom is 0.271 e. The summed E-state index contributed by atoms with van der Waals surface area (Å²) in [6.45, 7) is 3.94. The van der Waals surface area contributed by atoms with Crippen LogP contribution < -0.4 is 10.6 Å². The van der Waals surface area contributed by atoms with Crippen molar-refractivity contribution in [2.24, 2.45) is 0 Å². The van der Waals surface area contributed by atoms with Gasteiger partial charge in [-0.1, -0.05) is 37.3 Å². The third-order valence-corrected chi connectivity index (χ3v) is 5.99. The van der Waals surface area contributed by atoms with E-state index in [1.165, 1.54) is 0 Å². The summed E-state index contributed by atoms with van der Waals surface area (Å²) in [4.78, 5) is 25.2. The van der Waals surface area contributed by atoms with Gasteiger partial charge in [0.25, 0.3) is 11.8 Å². The molecule has 3 rings (SSSR count). The second kappa shape index (κ2) is 8.78. The van der Waals surface area contributed by atoms with Crippen molar-refractivity contribution < 1.29 is 14.7 Å². The molecule has 29 heavy (non-hydrogen) atoms. The van der Waals surface area contributed by atoms with Crippen molar-refractivity contribution in [2.45, 2.75) is 63.6 Å². The summed E-state index contributed by atoms with van der Waals surface area (Å²) < 4.78 is 1.61. The Morgan fingerprint density at radius 1 is 1.24 bits per heavy atom. The molecule has 7 heteroatoms. The predicted molar refractivity (Wildman–Crippen MR) is 111 cm³/mol. The molecule has 1 heterocycles. The smallest absolute Gasteiger partial charge is 0.271 e. The molecule has 0 radical (unpaired) electrons. The number of hydrogen-bond donors (Lipinski definition) is 3. The first kappa shape index (κ1) is 21.0. The van der Waals surface area contributed by atoms with Gasteiger partial charge in [0.1, 0.15) is 5.69 Å². The molecule has 0 aliphatic heterocycles. The second-order valence-electron chi connectivity index (χ2n) is 7.85. The van der Waals surface area contributed by atoms with Crippen LogP contribution in [0, 0.1) is 0 Å². The Kier molecular flexibility index (Phi) is 6.37. The van der Waals surface area contributed by atoms with Gasteiger partial charge in [0.15, 0.2) is 5.69 Å². The van der Waals surface area contributed by atoms with Crippen LogP contribution in [0.3, 0.4) is 0 Å². The van der Waals surface area contributed by atoms with E-state index < -0.39 is 5.60 Å². The fourth-order valence-electron chi connectivity index (χ4n) is 3.88. The van der Waals surface area contributed by atoms with E-state index in [9.17, 15) is 14.7 Å². The van der Waals surface area contributed by atoms with Crippen LogP contribution in [0.4, 0.5) is 0 Å². The SMILES string of the molecule is CC[C@]1(O)CC[C@H](NC(=O)c2cc(C(=O)NC)nn2[C@@H](C)c2ccccc2)CC1. The van der Waals surface area contributed by atoms with Crippen LogP contribution in [-0.4, -0.2) is 45.4 Å². The standard InChI is InChI=1S/C22H30N4O3/c1-4-22(29)12-10-17(11-13-22)24-21(28)19-14-18(20(27)23-3)25-26(19)15(2)16-8-6-5-7-9-16/h5-9,14-15,17,29H,4,10-13H2,1-3H3,(H,23,27)(H,24,28)/t15-,17-,22-/m0/s1. The lowest BCUT2D eigenvalue weighted by Gasteiger charge is -2.35. The molecule has 1 atom stereocenters. The van der Waals surface area contributed by atoms with Gasteiger partial charge in [0.05, 0.1) is 11.6 Å². The maximum atomic E-state index is 13.1. The van der Waals surface area contributed by atoms with E-state index in [1.807, 2.05) is 44.2 Å². The molecule has 2 amide bonds. The fourth-order valence-corrected chi connectivity index (χ4v) is 3.88. The Morgan fingerprint density at radius 2 is 1.90 bits per heavy atom. The molecule has 1 aromatic carbocycles. The van der Waals surface area contributed by atoms with E-state index in [0.717, 1.165) is 24.8 Å². The number of carbonyl (C=O) groups excluding carboxylic acids is 2. The number of amides is 2. The number of nitrogens with one attached hydrogen (secondary N) is 2. The van der Waals surface area contributed by atoms with Crippen LogP contribution in [0.2, 0.25) is 0 Å². The molecule has 0 bridgehead atoms. The average Bonchev–Trinajstić information content (AvgIpc) is 3.20. The molecule has 1 saturated carbocycles. The summed E-state index contributed by atoms with van der Waals surface area (Å²) in [7, 11) is 1.54. The maximum absolute atomic E-state index is 13.1. The van der Waals surface area contributed by atoms with Crippen LogP contribution >= 0.6 is 0 Å². The largest absolute Gasteiger partial charge is 0.390 e. The van der Waals surface area contributed by atoms with Gasteiger partial charge in [-0.05, 0) is 44.6 Å². The predicted octanol–water partition coefficient (Wildman–Crippen LogP) is 2.67. The molecule has 0 saturated heterocycles. The van der Waals surface area contributed by atoms with E-state index in [-0.39, 0.29) is 29.6 Å². The zero-order valence-electron chi connectivity index (χ0n) is 17.3. The van der Waals surface area contributed by atoms with Crippen LogP contribution in [0.15, 0.2) is 36.4 Å². The lowest BCUT2D eigenvalue weighted by Crippen LogP contribution is -2.43. The minimum absolute atomic E-state index is 0.00755. The minimum atomic E-state index is -0.614. The van der Waals surface area contributed by atoms with Gasteiger partial charge >= 0.3 is 0 Å². The monoisotopic (exact) mass is 398 g/mol. The van der Waals surface area contributed by atoms with Crippen LogP contribution in [-0.2, 0) is 0 Å². The molecular formula is C22H30N4O3. The van der Waals surface area contributed by atoms with E-state index in [1.54, 1.807) is 17.8 Å². The Hall–Kier alpha value is -2.67. The molecular weight excluding hydrogens is 368 g/mol. The Bertz CT molecular complexity index is 854. The fraction of sp³-hybridized carbons (Fsp3) is 0.500. The number of carbonyl (C=O) groups is 2. The number of rotatable bonds is 6. The first-order valence-corrected chi connectivity index (χ1v) is 10.3. The summed E-state index contributed by atoms with van der Waals surface area (Å²) in [6.07, 6.45) is 3.56. The van der Waals surface area contributed by atoms with E-state index in [0.29, 0.717) is 18.5 Å². The number of aromatic nitrogens is 2. The normalized spacial score (nSPS) is 22.7. The molecule has 0 unspecified atom stereocenters. The van der Waals surface area contributed by atoms with Gasteiger partial charge in [-0.2, -0.15) is 5.10 Å². The van der Waals surface area contributed by atoms with E-state index in [2.05, 4.69) is 15.7 Å². The molecule has 1 aliphatic carbocycles. The molecule has 1 aliphatic rings. The molecule has 7 nitrogen and oxygen atoms in total. The van der Waals surface area contributed by atoms with Crippen LogP contribution in [0.5, 0.6) is 0 Å². The van der Waals surface area contributed by atoms with Gasteiger partial charge in [-0.15, -0.1) is 0 Å². The van der Waals surface area contributed by atoms with Gasteiger partial charge < -0.3 is 15.7 Å². The van der Waals surface area contributed by atoms with E-state index in [4.69, 9.17) is 0 Å². The lowest BCUT2D eigenvalue weighted by molar-refractivity contribution is -0.00656. The number of aliphatic hydroxyl groups is 1. The first-order chi connectivity index (χ1) is 13.9. The minimum Gasteiger partial charge on any atom is -0.390 e. The topological polar surface area (TPSA) is 96.2 Å². The van der Waals surface area contributed by atoms with Crippen molar-refractivity contribution >= 4 is 11.8 Å². The molecule has 1 fully saturated rings. The second-order valence-corrected chi connectivity index (χ2v) is 7.85. The summed E-state index contributed by atoms with van der Waals surface area (Å²) in [5.41, 5.74) is 0.955. The number of nitrogens with zero attached hydrogens (tertiary/aromatic N) is 2. The van der Waals surface area contributed by atoms with Crippen molar-refractivity contribution in [3.05, 3.63) is 53.3 Å². The Morgan fingerprint density at radius 3 is 2.48 bits per heavy atom. The van der Waals surface area contributed by atoms with Crippen LogP contribution in [0.1, 0.15) is 78.5 Å². The molecule has 1 aromatic heterocycles.